The van der Waals surface area contributed by atoms with E-state index < -0.39 is 0 Å². The van der Waals surface area contributed by atoms with E-state index in [1.165, 1.54) is 0 Å². The Bertz CT molecular complexity index is 461. The van der Waals surface area contributed by atoms with Gasteiger partial charge in [0.25, 0.3) is 0 Å². The highest BCUT2D eigenvalue weighted by molar-refractivity contribution is 6.30. The molecule has 0 aliphatic carbocycles. The van der Waals surface area contributed by atoms with Crippen LogP contribution in [0.1, 0.15) is 5.56 Å². The zero-order chi connectivity index (χ0) is 13.7. The number of piperazine rings is 1. The zero-order valence-corrected chi connectivity index (χ0v) is 11.2. The fourth-order valence-corrected chi connectivity index (χ4v) is 2.01. The molecule has 102 valence electrons. The molecule has 1 aromatic carbocycles. The highest BCUT2D eigenvalue weighted by Crippen LogP contribution is 2.09. The Balaban J connectivity index is 1.75. The second-order valence-corrected chi connectivity index (χ2v) is 4.90. The van der Waals surface area contributed by atoms with Gasteiger partial charge in [-0.1, -0.05) is 23.7 Å². The van der Waals surface area contributed by atoms with Crippen molar-refractivity contribution in [1.82, 2.24) is 15.5 Å². The molecule has 2 N–H and O–H groups in total. The van der Waals surface area contributed by atoms with Crippen molar-refractivity contribution in [3.05, 3.63) is 34.9 Å². The average molecular weight is 282 g/mol. The van der Waals surface area contributed by atoms with Gasteiger partial charge in [-0.05, 0) is 17.7 Å². The van der Waals surface area contributed by atoms with Crippen LogP contribution in [-0.4, -0.2) is 42.9 Å². The van der Waals surface area contributed by atoms with Crippen LogP contribution < -0.4 is 10.6 Å². The zero-order valence-electron chi connectivity index (χ0n) is 10.5. The predicted molar refractivity (Wildman–Crippen MR) is 72.7 cm³/mol. The van der Waals surface area contributed by atoms with Gasteiger partial charge in [-0.25, -0.2) is 0 Å². The normalized spacial score (nSPS) is 15.9. The van der Waals surface area contributed by atoms with Crippen molar-refractivity contribution in [2.24, 2.45) is 0 Å². The largest absolute Gasteiger partial charge is 0.354 e. The van der Waals surface area contributed by atoms with Gasteiger partial charge < -0.3 is 10.6 Å². The molecule has 19 heavy (non-hydrogen) atoms. The van der Waals surface area contributed by atoms with Crippen LogP contribution in [0.4, 0.5) is 0 Å². The molecule has 6 heteroatoms. The van der Waals surface area contributed by atoms with E-state index in [0.29, 0.717) is 24.7 Å². The molecule has 2 rings (SSSR count). The molecule has 1 aliphatic heterocycles. The summed E-state index contributed by atoms with van der Waals surface area (Å²) >= 11 is 5.79. The number of rotatable bonds is 4. The quantitative estimate of drug-likeness (QED) is 0.839. The summed E-state index contributed by atoms with van der Waals surface area (Å²) in [6, 6.07) is 7.32. The molecule has 0 spiro atoms. The number of hydrogen-bond acceptors (Lipinski definition) is 3. The molecular weight excluding hydrogens is 266 g/mol. The maximum absolute atomic E-state index is 11.7. The summed E-state index contributed by atoms with van der Waals surface area (Å²) in [4.78, 5) is 24.7. The summed E-state index contributed by atoms with van der Waals surface area (Å²) in [5.74, 6) is -0.110. The second kappa shape index (κ2) is 6.54. The fourth-order valence-electron chi connectivity index (χ4n) is 1.89. The first-order valence-corrected chi connectivity index (χ1v) is 6.51. The minimum atomic E-state index is -0.0790. The summed E-state index contributed by atoms with van der Waals surface area (Å²) in [5, 5.41) is 6.22. The molecule has 0 unspecified atom stereocenters. The van der Waals surface area contributed by atoms with Crippen LogP contribution in [0.3, 0.4) is 0 Å². The van der Waals surface area contributed by atoms with Gasteiger partial charge in [-0.2, -0.15) is 0 Å². The molecule has 1 saturated heterocycles. The van der Waals surface area contributed by atoms with Gasteiger partial charge in [-0.3, -0.25) is 14.5 Å². The lowest BCUT2D eigenvalue weighted by atomic mass is 10.2. The summed E-state index contributed by atoms with van der Waals surface area (Å²) in [5.41, 5.74) is 0.995. The third kappa shape index (κ3) is 4.54. The maximum Gasteiger partial charge on any atom is 0.234 e. The number of nitrogens with one attached hydrogen (secondary N) is 2. The van der Waals surface area contributed by atoms with E-state index in [9.17, 15) is 9.59 Å². The third-order valence-corrected chi connectivity index (χ3v) is 3.14. The lowest BCUT2D eigenvalue weighted by molar-refractivity contribution is -0.127. The molecule has 0 radical (unpaired) electrons. The lowest BCUT2D eigenvalue weighted by Crippen LogP contribution is -2.50. The first-order chi connectivity index (χ1) is 9.13. The smallest absolute Gasteiger partial charge is 0.234 e. The fraction of sp³-hybridized carbons (Fsp3) is 0.385. The molecule has 1 aliphatic rings. The van der Waals surface area contributed by atoms with Crippen molar-refractivity contribution in [3.8, 4) is 0 Å². The third-order valence-electron chi connectivity index (χ3n) is 2.89. The van der Waals surface area contributed by atoms with E-state index >= 15 is 0 Å². The van der Waals surface area contributed by atoms with Crippen molar-refractivity contribution < 1.29 is 9.59 Å². The highest BCUT2D eigenvalue weighted by Gasteiger charge is 2.18. The number of nitrogens with zero attached hydrogens (tertiary/aromatic N) is 1. The average Bonchev–Trinajstić information content (AvgIpc) is 2.38. The Hall–Kier alpha value is -1.59. The Kier molecular flexibility index (Phi) is 4.76. The van der Waals surface area contributed by atoms with Gasteiger partial charge in [0.1, 0.15) is 0 Å². The van der Waals surface area contributed by atoms with Crippen molar-refractivity contribution >= 4 is 23.4 Å². The Labute approximate surface area is 116 Å². The number of benzene rings is 1. The standard InChI is InChI=1S/C13H16ClN3O2/c14-11-3-1-10(2-4-11)7-16-13(19)9-17-6-5-15-12(18)8-17/h1-4H,5-9H2,(H,15,18)(H,16,19). The number of hydrogen-bond donors (Lipinski definition) is 2. The van der Waals surface area contributed by atoms with E-state index in [0.717, 1.165) is 5.56 Å². The number of halogens is 1. The van der Waals surface area contributed by atoms with Gasteiger partial charge >= 0.3 is 0 Å². The molecule has 1 aromatic rings. The van der Waals surface area contributed by atoms with Crippen molar-refractivity contribution in [1.29, 1.82) is 0 Å². The van der Waals surface area contributed by atoms with Gasteiger partial charge in [0.2, 0.25) is 11.8 Å². The predicted octanol–water partition coefficient (Wildman–Crippen LogP) is 0.388. The van der Waals surface area contributed by atoms with Gasteiger partial charge in [0.15, 0.2) is 0 Å². The molecule has 2 amide bonds. The first kappa shape index (κ1) is 13.8. The van der Waals surface area contributed by atoms with Crippen molar-refractivity contribution in [3.63, 3.8) is 0 Å². The SMILES string of the molecule is O=C1CN(CC(=O)NCc2ccc(Cl)cc2)CCN1. The van der Waals surface area contributed by atoms with Crippen LogP contribution in [0.2, 0.25) is 5.02 Å². The minimum Gasteiger partial charge on any atom is -0.354 e. The van der Waals surface area contributed by atoms with E-state index in [1.54, 1.807) is 12.1 Å². The molecule has 0 aromatic heterocycles. The molecule has 0 bridgehead atoms. The van der Waals surface area contributed by atoms with E-state index in [1.807, 2.05) is 17.0 Å². The van der Waals surface area contributed by atoms with Crippen molar-refractivity contribution in [2.45, 2.75) is 6.54 Å². The van der Waals surface area contributed by atoms with Crippen LogP contribution in [0.15, 0.2) is 24.3 Å². The van der Waals surface area contributed by atoms with Crippen LogP contribution in [0.25, 0.3) is 0 Å². The molecule has 1 fully saturated rings. The molecule has 0 saturated carbocycles. The monoisotopic (exact) mass is 281 g/mol. The topological polar surface area (TPSA) is 61.4 Å². The van der Waals surface area contributed by atoms with Crippen LogP contribution in [-0.2, 0) is 16.1 Å². The Morgan fingerprint density at radius 3 is 2.79 bits per heavy atom. The number of amides is 2. The van der Waals surface area contributed by atoms with Gasteiger partial charge in [-0.15, -0.1) is 0 Å². The van der Waals surface area contributed by atoms with Crippen molar-refractivity contribution in [2.75, 3.05) is 26.2 Å². The molecule has 0 atom stereocenters. The Morgan fingerprint density at radius 2 is 2.11 bits per heavy atom. The molecular formula is C13H16ClN3O2. The summed E-state index contributed by atoms with van der Waals surface area (Å²) in [7, 11) is 0. The lowest BCUT2D eigenvalue weighted by Gasteiger charge is -2.25. The first-order valence-electron chi connectivity index (χ1n) is 6.14. The number of carbonyl (C=O) groups is 2. The van der Waals surface area contributed by atoms with Crippen LogP contribution >= 0.6 is 11.6 Å². The van der Waals surface area contributed by atoms with E-state index in [2.05, 4.69) is 10.6 Å². The number of carbonyl (C=O) groups excluding carboxylic acids is 2. The second-order valence-electron chi connectivity index (χ2n) is 4.46. The summed E-state index contributed by atoms with van der Waals surface area (Å²) < 4.78 is 0. The van der Waals surface area contributed by atoms with Crippen LogP contribution in [0, 0.1) is 0 Å². The Morgan fingerprint density at radius 1 is 1.37 bits per heavy atom. The van der Waals surface area contributed by atoms with Gasteiger partial charge in [0, 0.05) is 24.7 Å². The van der Waals surface area contributed by atoms with E-state index in [4.69, 9.17) is 11.6 Å². The summed E-state index contributed by atoms with van der Waals surface area (Å²) in [6.45, 7) is 2.31. The van der Waals surface area contributed by atoms with E-state index in [-0.39, 0.29) is 24.9 Å². The highest BCUT2D eigenvalue weighted by atomic mass is 35.5. The minimum absolute atomic E-state index is 0.0308. The van der Waals surface area contributed by atoms with Gasteiger partial charge in [0.05, 0.1) is 13.1 Å². The van der Waals surface area contributed by atoms with Crippen LogP contribution in [0.5, 0.6) is 0 Å². The maximum atomic E-state index is 11.7. The molecule has 1 heterocycles. The molecule has 5 nitrogen and oxygen atoms in total. The summed E-state index contributed by atoms with van der Waals surface area (Å²) in [6.07, 6.45) is 0.